The molecule has 88 valence electrons. The van der Waals surface area contributed by atoms with Crippen LogP contribution in [-0.4, -0.2) is 31.1 Å². The number of nitrogens with one attached hydrogen (secondary N) is 1. The summed E-state index contributed by atoms with van der Waals surface area (Å²) in [5.41, 5.74) is 4.45. The molecule has 1 atom stereocenters. The molecule has 16 heavy (non-hydrogen) atoms. The zero-order chi connectivity index (χ0) is 11.2. The van der Waals surface area contributed by atoms with Gasteiger partial charge in [0.2, 0.25) is 0 Å². The van der Waals surface area contributed by atoms with Gasteiger partial charge in [-0.15, -0.1) is 0 Å². The lowest BCUT2D eigenvalue weighted by molar-refractivity contribution is 0.0297. The third-order valence-electron chi connectivity index (χ3n) is 3.04. The Labute approximate surface area is 97.4 Å². The van der Waals surface area contributed by atoms with E-state index in [1.165, 1.54) is 24.9 Å². The first kappa shape index (κ1) is 11.6. The predicted molar refractivity (Wildman–Crippen MR) is 64.9 cm³/mol. The highest BCUT2D eigenvalue weighted by Crippen LogP contribution is 2.13. The number of nitrogens with zero attached hydrogens (tertiary/aromatic N) is 1. The van der Waals surface area contributed by atoms with E-state index in [4.69, 9.17) is 4.84 Å². The smallest absolute Gasteiger partial charge is 0.0572 e. The largest absolute Gasteiger partial charge is 0.305 e. The Morgan fingerprint density at radius 2 is 2.19 bits per heavy atom. The van der Waals surface area contributed by atoms with Crippen molar-refractivity contribution in [2.45, 2.75) is 25.4 Å². The molecule has 1 aliphatic heterocycles. The van der Waals surface area contributed by atoms with Crippen LogP contribution < -0.4 is 5.48 Å². The topological polar surface area (TPSA) is 24.5 Å². The van der Waals surface area contributed by atoms with Gasteiger partial charge in [-0.3, -0.25) is 4.90 Å². The zero-order valence-electron chi connectivity index (χ0n) is 9.86. The standard InChI is InChI=1S/C13H20N2O/c1-16-14-13-8-5-9-15(11-13)10-12-6-3-2-4-7-12/h2-4,6-7,13-14H,5,8-11H2,1H3. The number of hydrogen-bond donors (Lipinski definition) is 1. The maximum atomic E-state index is 5.00. The molecule has 3 nitrogen and oxygen atoms in total. The number of benzene rings is 1. The predicted octanol–water partition coefficient (Wildman–Crippen LogP) is 1.80. The molecule has 1 aromatic rings. The van der Waals surface area contributed by atoms with Gasteiger partial charge < -0.3 is 4.84 Å². The van der Waals surface area contributed by atoms with Crippen molar-refractivity contribution < 1.29 is 4.84 Å². The Balaban J connectivity index is 1.85. The quantitative estimate of drug-likeness (QED) is 0.783. The Bertz CT molecular complexity index is 300. The van der Waals surface area contributed by atoms with Crippen LogP contribution in [0.3, 0.4) is 0 Å². The molecule has 0 bridgehead atoms. The molecule has 1 aliphatic rings. The van der Waals surface area contributed by atoms with Crippen molar-refractivity contribution in [2.75, 3.05) is 20.2 Å². The van der Waals surface area contributed by atoms with Gasteiger partial charge in [0.05, 0.1) is 7.11 Å². The van der Waals surface area contributed by atoms with Crippen LogP contribution in [0.25, 0.3) is 0 Å². The molecule has 2 rings (SSSR count). The fourth-order valence-electron chi connectivity index (χ4n) is 2.30. The summed E-state index contributed by atoms with van der Waals surface area (Å²) in [6.45, 7) is 3.31. The minimum Gasteiger partial charge on any atom is -0.305 e. The van der Waals surface area contributed by atoms with Crippen LogP contribution in [-0.2, 0) is 11.4 Å². The third-order valence-corrected chi connectivity index (χ3v) is 3.04. The van der Waals surface area contributed by atoms with E-state index in [0.717, 1.165) is 13.1 Å². The first-order valence-corrected chi connectivity index (χ1v) is 5.93. The number of rotatable bonds is 4. The number of hydrogen-bond acceptors (Lipinski definition) is 3. The van der Waals surface area contributed by atoms with Crippen molar-refractivity contribution in [3.8, 4) is 0 Å². The third kappa shape index (κ3) is 3.30. The maximum Gasteiger partial charge on any atom is 0.0572 e. The second-order valence-electron chi connectivity index (χ2n) is 4.38. The number of hydroxylamine groups is 1. The van der Waals surface area contributed by atoms with Gasteiger partial charge in [0.25, 0.3) is 0 Å². The Morgan fingerprint density at radius 1 is 1.38 bits per heavy atom. The molecule has 1 N–H and O–H groups in total. The lowest BCUT2D eigenvalue weighted by atomic mass is 10.1. The summed E-state index contributed by atoms with van der Waals surface area (Å²) in [6, 6.07) is 11.1. The Morgan fingerprint density at radius 3 is 2.94 bits per heavy atom. The van der Waals surface area contributed by atoms with E-state index in [9.17, 15) is 0 Å². The summed E-state index contributed by atoms with van der Waals surface area (Å²) in [7, 11) is 1.69. The van der Waals surface area contributed by atoms with Crippen LogP contribution in [0.2, 0.25) is 0 Å². The lowest BCUT2D eigenvalue weighted by Crippen LogP contribution is -2.44. The van der Waals surface area contributed by atoms with E-state index in [-0.39, 0.29) is 0 Å². The second kappa shape index (κ2) is 5.99. The van der Waals surface area contributed by atoms with Gasteiger partial charge in [-0.25, -0.2) is 0 Å². The summed E-state index contributed by atoms with van der Waals surface area (Å²) >= 11 is 0. The molecule has 1 saturated heterocycles. The molecule has 1 aromatic carbocycles. The normalized spacial score (nSPS) is 22.2. The van der Waals surface area contributed by atoms with Crippen LogP contribution in [0, 0.1) is 0 Å². The SMILES string of the molecule is CONC1CCCN(Cc2ccccc2)C1. The monoisotopic (exact) mass is 220 g/mol. The Kier molecular flexibility index (Phi) is 4.34. The highest BCUT2D eigenvalue weighted by atomic mass is 16.6. The molecule has 1 heterocycles. The fourth-order valence-corrected chi connectivity index (χ4v) is 2.30. The van der Waals surface area contributed by atoms with Gasteiger partial charge in [-0.1, -0.05) is 30.3 Å². The van der Waals surface area contributed by atoms with Gasteiger partial charge in [0, 0.05) is 19.1 Å². The molecule has 0 spiro atoms. The van der Waals surface area contributed by atoms with E-state index in [1.807, 2.05) is 0 Å². The summed E-state index contributed by atoms with van der Waals surface area (Å²) in [4.78, 5) is 7.48. The summed E-state index contributed by atoms with van der Waals surface area (Å²) in [5, 5.41) is 0. The first-order chi connectivity index (χ1) is 7.88. The molecule has 0 radical (unpaired) electrons. The highest BCUT2D eigenvalue weighted by molar-refractivity contribution is 5.14. The van der Waals surface area contributed by atoms with E-state index in [2.05, 4.69) is 40.7 Å². The first-order valence-electron chi connectivity index (χ1n) is 5.93. The average Bonchev–Trinajstić information content (AvgIpc) is 2.31. The average molecular weight is 220 g/mol. The van der Waals surface area contributed by atoms with E-state index < -0.39 is 0 Å². The summed E-state index contributed by atoms with van der Waals surface area (Å²) in [6.07, 6.45) is 2.45. The van der Waals surface area contributed by atoms with Crippen LogP contribution in [0.1, 0.15) is 18.4 Å². The van der Waals surface area contributed by atoms with Gasteiger partial charge in [0.1, 0.15) is 0 Å². The summed E-state index contributed by atoms with van der Waals surface area (Å²) < 4.78 is 0. The number of likely N-dealkylation sites (tertiary alicyclic amines) is 1. The molecule has 0 aliphatic carbocycles. The molecular formula is C13H20N2O. The van der Waals surface area contributed by atoms with Crippen molar-refractivity contribution in [2.24, 2.45) is 0 Å². The molecule has 0 amide bonds. The van der Waals surface area contributed by atoms with Gasteiger partial charge in [-0.05, 0) is 24.9 Å². The maximum absolute atomic E-state index is 5.00. The second-order valence-corrected chi connectivity index (χ2v) is 4.38. The minimum atomic E-state index is 0.475. The molecule has 1 unspecified atom stereocenters. The van der Waals surface area contributed by atoms with E-state index in [1.54, 1.807) is 7.11 Å². The fraction of sp³-hybridized carbons (Fsp3) is 0.538. The van der Waals surface area contributed by atoms with Crippen LogP contribution in [0.5, 0.6) is 0 Å². The molecule has 0 saturated carbocycles. The molecule has 3 heteroatoms. The van der Waals surface area contributed by atoms with Gasteiger partial charge >= 0.3 is 0 Å². The molecule has 0 aromatic heterocycles. The number of piperidine rings is 1. The van der Waals surface area contributed by atoms with Crippen LogP contribution >= 0.6 is 0 Å². The van der Waals surface area contributed by atoms with Crippen molar-refractivity contribution in [1.29, 1.82) is 0 Å². The molecule has 1 fully saturated rings. The van der Waals surface area contributed by atoms with E-state index in [0.29, 0.717) is 6.04 Å². The summed E-state index contributed by atoms with van der Waals surface area (Å²) in [5.74, 6) is 0. The van der Waals surface area contributed by atoms with Crippen LogP contribution in [0.4, 0.5) is 0 Å². The van der Waals surface area contributed by atoms with E-state index >= 15 is 0 Å². The zero-order valence-corrected chi connectivity index (χ0v) is 9.86. The minimum absolute atomic E-state index is 0.475. The highest BCUT2D eigenvalue weighted by Gasteiger charge is 2.19. The van der Waals surface area contributed by atoms with Crippen molar-refractivity contribution in [1.82, 2.24) is 10.4 Å². The lowest BCUT2D eigenvalue weighted by Gasteiger charge is -2.32. The molecular weight excluding hydrogens is 200 g/mol. The van der Waals surface area contributed by atoms with Crippen molar-refractivity contribution in [3.63, 3.8) is 0 Å². The van der Waals surface area contributed by atoms with Crippen molar-refractivity contribution >= 4 is 0 Å². The van der Waals surface area contributed by atoms with Crippen LogP contribution in [0.15, 0.2) is 30.3 Å². The van der Waals surface area contributed by atoms with Gasteiger partial charge in [-0.2, -0.15) is 5.48 Å². The van der Waals surface area contributed by atoms with Crippen molar-refractivity contribution in [3.05, 3.63) is 35.9 Å². The Hall–Kier alpha value is -0.900. The van der Waals surface area contributed by atoms with Gasteiger partial charge in [0.15, 0.2) is 0 Å².